The molecule has 0 radical (unpaired) electrons. The van der Waals surface area contributed by atoms with Gasteiger partial charge >= 0.3 is 0 Å². The minimum absolute atomic E-state index is 0.417. The number of aryl methyl sites for hydroxylation is 1. The third kappa shape index (κ3) is 3.06. The lowest BCUT2D eigenvalue weighted by Gasteiger charge is -2.10. The van der Waals surface area contributed by atoms with E-state index in [9.17, 15) is 5.11 Å². The summed E-state index contributed by atoms with van der Waals surface area (Å²) in [6.07, 6.45) is -0.417. The van der Waals surface area contributed by atoms with Crippen LogP contribution in [0.15, 0.2) is 29.6 Å². The van der Waals surface area contributed by atoms with Crippen LogP contribution in [0, 0.1) is 6.92 Å². The zero-order valence-electron chi connectivity index (χ0n) is 12.1. The molecule has 5 nitrogen and oxygen atoms in total. The van der Waals surface area contributed by atoms with Crippen LogP contribution in [0.2, 0.25) is 0 Å². The van der Waals surface area contributed by atoms with E-state index < -0.39 is 6.10 Å². The van der Waals surface area contributed by atoms with Crippen LogP contribution in [-0.2, 0) is 6.54 Å². The molecule has 0 saturated carbocycles. The number of anilines is 1. The molecule has 0 spiro atoms. The number of para-hydroxylation sites is 2. The summed E-state index contributed by atoms with van der Waals surface area (Å²) in [6.45, 7) is 4.91. The number of aliphatic hydroxyl groups is 1. The number of nitrogens with one attached hydrogen (secondary N) is 1. The molecule has 6 heteroatoms. The van der Waals surface area contributed by atoms with E-state index in [4.69, 9.17) is 0 Å². The first-order chi connectivity index (χ1) is 10.1. The van der Waals surface area contributed by atoms with Gasteiger partial charge in [0.15, 0.2) is 0 Å². The fourth-order valence-electron chi connectivity index (χ4n) is 2.25. The third-order valence-electron chi connectivity index (χ3n) is 3.20. The van der Waals surface area contributed by atoms with Gasteiger partial charge in [0.1, 0.15) is 0 Å². The van der Waals surface area contributed by atoms with Crippen molar-refractivity contribution in [3.05, 3.63) is 40.3 Å². The number of hydrogen-bond donors (Lipinski definition) is 2. The van der Waals surface area contributed by atoms with Crippen LogP contribution in [0.25, 0.3) is 11.0 Å². The van der Waals surface area contributed by atoms with Gasteiger partial charge in [-0.2, -0.15) is 0 Å². The van der Waals surface area contributed by atoms with E-state index in [1.54, 1.807) is 18.3 Å². The highest BCUT2D eigenvalue weighted by Gasteiger charge is 2.12. The molecule has 0 amide bonds. The molecule has 0 fully saturated rings. The molecule has 3 rings (SSSR count). The lowest BCUT2D eigenvalue weighted by Crippen LogP contribution is -2.18. The average Bonchev–Trinajstić information content (AvgIpc) is 3.01. The minimum atomic E-state index is -0.417. The fourth-order valence-corrected chi connectivity index (χ4v) is 2.86. The molecule has 21 heavy (non-hydrogen) atoms. The van der Waals surface area contributed by atoms with Crippen LogP contribution in [0.3, 0.4) is 0 Å². The predicted octanol–water partition coefficient (Wildman–Crippen LogP) is 2.64. The van der Waals surface area contributed by atoms with Gasteiger partial charge in [0.05, 0.1) is 34.4 Å². The first-order valence-corrected chi connectivity index (χ1v) is 7.79. The van der Waals surface area contributed by atoms with Gasteiger partial charge in [0.2, 0.25) is 5.95 Å². The Kier molecular flexibility index (Phi) is 3.90. The zero-order chi connectivity index (χ0) is 14.8. The molecule has 2 aromatic heterocycles. The van der Waals surface area contributed by atoms with Crippen molar-refractivity contribution in [3.8, 4) is 0 Å². The summed E-state index contributed by atoms with van der Waals surface area (Å²) in [6, 6.07) is 8.02. The molecule has 0 saturated heterocycles. The molecule has 3 aromatic rings. The van der Waals surface area contributed by atoms with Crippen LogP contribution in [0.4, 0.5) is 5.95 Å². The van der Waals surface area contributed by atoms with Gasteiger partial charge in [0, 0.05) is 11.9 Å². The molecule has 0 aliphatic heterocycles. The molecule has 1 aromatic carbocycles. The Labute approximate surface area is 127 Å². The van der Waals surface area contributed by atoms with E-state index in [1.807, 2.05) is 25.1 Å². The second kappa shape index (κ2) is 5.83. The maximum absolute atomic E-state index is 9.46. The summed E-state index contributed by atoms with van der Waals surface area (Å²) < 4.78 is 2.10. The van der Waals surface area contributed by atoms with Crippen LogP contribution in [0.5, 0.6) is 0 Å². The average molecular weight is 302 g/mol. The van der Waals surface area contributed by atoms with Crippen molar-refractivity contribution in [2.24, 2.45) is 0 Å². The molecule has 2 heterocycles. The van der Waals surface area contributed by atoms with Crippen molar-refractivity contribution >= 4 is 28.3 Å². The summed E-state index contributed by atoms with van der Waals surface area (Å²) in [7, 11) is 0. The monoisotopic (exact) mass is 302 g/mol. The van der Waals surface area contributed by atoms with Gasteiger partial charge in [0.25, 0.3) is 0 Å². The van der Waals surface area contributed by atoms with E-state index in [2.05, 4.69) is 31.3 Å². The topological polar surface area (TPSA) is 63.0 Å². The van der Waals surface area contributed by atoms with Crippen molar-refractivity contribution in [2.45, 2.75) is 26.5 Å². The van der Waals surface area contributed by atoms with Crippen LogP contribution in [0.1, 0.15) is 17.6 Å². The summed E-state index contributed by atoms with van der Waals surface area (Å²) in [5.74, 6) is 0.766. The number of nitrogens with zero attached hydrogens (tertiary/aromatic N) is 3. The van der Waals surface area contributed by atoms with Crippen molar-refractivity contribution in [1.29, 1.82) is 0 Å². The van der Waals surface area contributed by atoms with E-state index in [1.165, 1.54) is 0 Å². The van der Waals surface area contributed by atoms with Gasteiger partial charge in [-0.3, -0.25) is 0 Å². The second-order valence-corrected chi connectivity index (χ2v) is 6.16. The molecule has 110 valence electrons. The van der Waals surface area contributed by atoms with Gasteiger partial charge < -0.3 is 15.0 Å². The van der Waals surface area contributed by atoms with E-state index in [-0.39, 0.29) is 0 Å². The van der Waals surface area contributed by atoms with Gasteiger partial charge in [-0.1, -0.05) is 12.1 Å². The number of fused-ring (bicyclic) bond motifs is 1. The second-order valence-electron chi connectivity index (χ2n) is 5.10. The first kappa shape index (κ1) is 14.0. The lowest BCUT2D eigenvalue weighted by molar-refractivity contribution is 0.208. The molecule has 0 unspecified atom stereocenters. The Balaban J connectivity index is 1.98. The van der Waals surface area contributed by atoms with Crippen LogP contribution >= 0.6 is 11.3 Å². The molecular formula is C15H18N4OS. The SMILES string of the molecule is Cc1nc(Cn2c(NC[C@@H](C)O)nc3ccccc32)cs1. The largest absolute Gasteiger partial charge is 0.392 e. The van der Waals surface area contributed by atoms with Crippen LogP contribution < -0.4 is 5.32 Å². The van der Waals surface area contributed by atoms with Crippen molar-refractivity contribution in [3.63, 3.8) is 0 Å². The van der Waals surface area contributed by atoms with Gasteiger partial charge in [-0.25, -0.2) is 9.97 Å². The first-order valence-electron chi connectivity index (χ1n) is 6.91. The standard InChI is InChI=1S/C15H18N4OS/c1-10(20)7-16-15-18-13-5-3-4-6-14(13)19(15)8-12-9-21-11(2)17-12/h3-6,9-10,20H,7-8H2,1-2H3,(H,16,18)/t10-/m1/s1. The maximum atomic E-state index is 9.46. The fraction of sp³-hybridized carbons (Fsp3) is 0.333. The highest BCUT2D eigenvalue weighted by Crippen LogP contribution is 2.21. The number of hydrogen-bond acceptors (Lipinski definition) is 5. The van der Waals surface area contributed by atoms with Crippen molar-refractivity contribution in [1.82, 2.24) is 14.5 Å². The summed E-state index contributed by atoms with van der Waals surface area (Å²) >= 11 is 1.65. The smallest absolute Gasteiger partial charge is 0.204 e. The van der Waals surface area contributed by atoms with E-state index >= 15 is 0 Å². The number of aromatic nitrogens is 3. The summed E-state index contributed by atoms with van der Waals surface area (Å²) in [4.78, 5) is 9.13. The van der Waals surface area contributed by atoms with Gasteiger partial charge in [-0.05, 0) is 26.0 Å². The number of thiazole rings is 1. The predicted molar refractivity (Wildman–Crippen MR) is 85.9 cm³/mol. The van der Waals surface area contributed by atoms with E-state index in [0.717, 1.165) is 27.7 Å². The molecular weight excluding hydrogens is 284 g/mol. The Bertz CT molecular complexity index is 747. The number of rotatable bonds is 5. The van der Waals surface area contributed by atoms with Crippen LogP contribution in [-0.4, -0.2) is 32.3 Å². The highest BCUT2D eigenvalue weighted by atomic mass is 32.1. The summed E-state index contributed by atoms with van der Waals surface area (Å²) in [5, 5.41) is 15.8. The molecule has 2 N–H and O–H groups in total. The molecule has 0 bridgehead atoms. The summed E-state index contributed by atoms with van der Waals surface area (Å²) in [5.41, 5.74) is 3.04. The molecule has 0 aliphatic rings. The Hall–Kier alpha value is -1.92. The Morgan fingerprint density at radius 1 is 1.33 bits per heavy atom. The van der Waals surface area contributed by atoms with E-state index in [0.29, 0.717) is 13.1 Å². The number of benzene rings is 1. The quantitative estimate of drug-likeness (QED) is 0.760. The maximum Gasteiger partial charge on any atom is 0.204 e. The normalized spacial score (nSPS) is 12.7. The Morgan fingerprint density at radius 2 is 2.14 bits per heavy atom. The lowest BCUT2D eigenvalue weighted by atomic mass is 10.3. The molecule has 1 atom stereocenters. The molecule has 0 aliphatic carbocycles. The number of aliphatic hydroxyl groups excluding tert-OH is 1. The third-order valence-corrected chi connectivity index (χ3v) is 4.02. The zero-order valence-corrected chi connectivity index (χ0v) is 12.9. The van der Waals surface area contributed by atoms with Gasteiger partial charge in [-0.15, -0.1) is 11.3 Å². The minimum Gasteiger partial charge on any atom is -0.392 e. The highest BCUT2D eigenvalue weighted by molar-refractivity contribution is 7.09. The van der Waals surface area contributed by atoms with Crippen molar-refractivity contribution in [2.75, 3.05) is 11.9 Å². The number of imidazole rings is 1. The Morgan fingerprint density at radius 3 is 2.86 bits per heavy atom. The van der Waals surface area contributed by atoms with Crippen molar-refractivity contribution < 1.29 is 5.11 Å².